The molecular weight excluding hydrogens is 298 g/mol. The number of benzene rings is 1. The average molecular weight is 322 g/mol. The number of carbonyl (C=O) groups excluding carboxylic acids is 1. The maximum Gasteiger partial charge on any atom is 0.250 e. The van der Waals surface area contributed by atoms with E-state index in [1.165, 1.54) is 0 Å². The second-order valence-electron chi connectivity index (χ2n) is 6.85. The maximum absolute atomic E-state index is 13.8. The van der Waals surface area contributed by atoms with Crippen LogP contribution in [0.1, 0.15) is 43.2 Å². The van der Waals surface area contributed by atoms with Crippen molar-refractivity contribution in [2.45, 2.75) is 57.0 Å². The van der Waals surface area contributed by atoms with Crippen LogP contribution in [0.4, 0.5) is 8.78 Å². The predicted molar refractivity (Wildman–Crippen MR) is 85.1 cm³/mol. The Morgan fingerprint density at radius 3 is 2.61 bits per heavy atom. The van der Waals surface area contributed by atoms with Gasteiger partial charge in [0.25, 0.3) is 0 Å². The molecule has 1 saturated carbocycles. The number of carbonyl (C=O) groups is 1. The van der Waals surface area contributed by atoms with Gasteiger partial charge in [-0.1, -0.05) is 24.3 Å². The van der Waals surface area contributed by atoms with E-state index in [4.69, 9.17) is 5.73 Å². The van der Waals surface area contributed by atoms with E-state index in [0.29, 0.717) is 19.5 Å². The number of fused-ring (bicyclic) bond motifs is 1. The van der Waals surface area contributed by atoms with E-state index in [2.05, 4.69) is 0 Å². The molecule has 1 aliphatic carbocycles. The normalized spacial score (nSPS) is 26.7. The van der Waals surface area contributed by atoms with E-state index < -0.39 is 5.92 Å². The van der Waals surface area contributed by atoms with Gasteiger partial charge in [-0.15, -0.1) is 0 Å². The van der Waals surface area contributed by atoms with Crippen LogP contribution in [0.2, 0.25) is 0 Å². The van der Waals surface area contributed by atoms with Gasteiger partial charge >= 0.3 is 0 Å². The molecule has 2 N–H and O–H groups in total. The van der Waals surface area contributed by atoms with Crippen molar-refractivity contribution in [3.8, 4) is 0 Å². The Morgan fingerprint density at radius 2 is 1.91 bits per heavy atom. The van der Waals surface area contributed by atoms with Crippen molar-refractivity contribution >= 4 is 5.91 Å². The summed E-state index contributed by atoms with van der Waals surface area (Å²) in [7, 11) is 0. The monoisotopic (exact) mass is 322 g/mol. The zero-order valence-corrected chi connectivity index (χ0v) is 13.3. The van der Waals surface area contributed by atoms with E-state index >= 15 is 0 Å². The Balaban J connectivity index is 1.69. The highest BCUT2D eigenvalue weighted by Gasteiger charge is 2.46. The standard InChI is InChI=1S/C18H24F2N2O/c19-18(20)8-7-15-2-1-9-22(16(15)11-18)17(23)10-13-3-5-14(12-21)6-4-13/h3-6,15-16H,1-2,7-12,21H2. The molecule has 1 aromatic rings. The second-order valence-corrected chi connectivity index (χ2v) is 6.85. The number of likely N-dealkylation sites (tertiary alicyclic amines) is 1. The molecule has 2 fully saturated rings. The molecule has 2 unspecified atom stereocenters. The molecule has 1 saturated heterocycles. The molecular formula is C18H24F2N2O. The summed E-state index contributed by atoms with van der Waals surface area (Å²) in [5.74, 6) is -2.41. The van der Waals surface area contributed by atoms with Gasteiger partial charge in [-0.25, -0.2) is 8.78 Å². The van der Waals surface area contributed by atoms with Gasteiger partial charge in [-0.2, -0.15) is 0 Å². The van der Waals surface area contributed by atoms with Crippen LogP contribution < -0.4 is 5.73 Å². The summed E-state index contributed by atoms with van der Waals surface area (Å²) in [4.78, 5) is 14.4. The van der Waals surface area contributed by atoms with Crippen molar-refractivity contribution in [1.82, 2.24) is 4.90 Å². The molecule has 0 bridgehead atoms. The number of halogens is 2. The molecule has 3 nitrogen and oxygen atoms in total. The Bertz CT molecular complexity index is 559. The fourth-order valence-corrected chi connectivity index (χ4v) is 3.93. The van der Waals surface area contributed by atoms with Crippen LogP contribution in [-0.2, 0) is 17.8 Å². The van der Waals surface area contributed by atoms with Gasteiger partial charge in [-0.3, -0.25) is 4.79 Å². The van der Waals surface area contributed by atoms with Crippen LogP contribution in [0.3, 0.4) is 0 Å². The number of hydrogen-bond donors (Lipinski definition) is 1. The first-order valence-corrected chi connectivity index (χ1v) is 8.44. The number of nitrogens with two attached hydrogens (primary N) is 1. The highest BCUT2D eigenvalue weighted by molar-refractivity contribution is 5.79. The summed E-state index contributed by atoms with van der Waals surface area (Å²) >= 11 is 0. The minimum atomic E-state index is -2.63. The smallest absolute Gasteiger partial charge is 0.250 e. The van der Waals surface area contributed by atoms with E-state index in [1.54, 1.807) is 4.90 Å². The number of hydrogen-bond acceptors (Lipinski definition) is 2. The van der Waals surface area contributed by atoms with Crippen molar-refractivity contribution in [3.63, 3.8) is 0 Å². The average Bonchev–Trinajstić information content (AvgIpc) is 2.54. The van der Waals surface area contributed by atoms with Gasteiger partial charge in [0.05, 0.1) is 6.42 Å². The number of nitrogens with zero attached hydrogens (tertiary/aromatic N) is 1. The molecule has 126 valence electrons. The fourth-order valence-electron chi connectivity index (χ4n) is 3.93. The van der Waals surface area contributed by atoms with E-state index in [-0.39, 0.29) is 37.1 Å². The van der Waals surface area contributed by atoms with Crippen molar-refractivity contribution in [1.29, 1.82) is 0 Å². The van der Waals surface area contributed by atoms with Crippen molar-refractivity contribution < 1.29 is 13.6 Å². The van der Waals surface area contributed by atoms with Crippen LogP contribution >= 0.6 is 0 Å². The number of alkyl halides is 2. The fraction of sp³-hybridized carbons (Fsp3) is 0.611. The SMILES string of the molecule is NCc1ccc(CC(=O)N2CCCC3CCC(F)(F)CC32)cc1. The van der Waals surface area contributed by atoms with E-state index in [9.17, 15) is 13.6 Å². The predicted octanol–water partition coefficient (Wildman–Crippen LogP) is 3.11. The summed E-state index contributed by atoms with van der Waals surface area (Å²) in [6, 6.07) is 7.34. The second kappa shape index (κ2) is 6.56. The first-order chi connectivity index (χ1) is 11.0. The van der Waals surface area contributed by atoms with Crippen LogP contribution in [0.15, 0.2) is 24.3 Å². The Labute approximate surface area is 135 Å². The van der Waals surface area contributed by atoms with Crippen LogP contribution in [-0.4, -0.2) is 29.3 Å². The van der Waals surface area contributed by atoms with Gasteiger partial charge in [0.15, 0.2) is 0 Å². The lowest BCUT2D eigenvalue weighted by atomic mass is 9.76. The van der Waals surface area contributed by atoms with Crippen molar-refractivity contribution in [2.24, 2.45) is 11.7 Å². The zero-order chi connectivity index (χ0) is 16.4. The lowest BCUT2D eigenvalue weighted by Crippen LogP contribution is -2.53. The van der Waals surface area contributed by atoms with Gasteiger partial charge in [0, 0.05) is 32.0 Å². The summed E-state index contributed by atoms with van der Waals surface area (Å²) < 4.78 is 27.5. The molecule has 1 amide bonds. The van der Waals surface area contributed by atoms with Crippen LogP contribution in [0.5, 0.6) is 0 Å². The number of piperidine rings is 1. The van der Waals surface area contributed by atoms with Crippen molar-refractivity contribution in [2.75, 3.05) is 6.54 Å². The topological polar surface area (TPSA) is 46.3 Å². The zero-order valence-electron chi connectivity index (χ0n) is 13.3. The molecule has 23 heavy (non-hydrogen) atoms. The van der Waals surface area contributed by atoms with Crippen molar-refractivity contribution in [3.05, 3.63) is 35.4 Å². The molecule has 2 aliphatic rings. The molecule has 5 heteroatoms. The highest BCUT2D eigenvalue weighted by Crippen LogP contribution is 2.42. The largest absolute Gasteiger partial charge is 0.339 e. The van der Waals surface area contributed by atoms with Gasteiger partial charge in [0.2, 0.25) is 11.8 Å². The molecule has 0 radical (unpaired) electrons. The van der Waals surface area contributed by atoms with Crippen LogP contribution in [0.25, 0.3) is 0 Å². The summed E-state index contributed by atoms with van der Waals surface area (Å²) in [6.07, 6.45) is 2.50. The minimum Gasteiger partial charge on any atom is -0.339 e. The molecule has 1 aromatic carbocycles. The molecule has 0 aromatic heterocycles. The van der Waals surface area contributed by atoms with Crippen LogP contribution in [0, 0.1) is 5.92 Å². The third-order valence-corrected chi connectivity index (χ3v) is 5.24. The number of rotatable bonds is 3. The quantitative estimate of drug-likeness (QED) is 0.929. The maximum atomic E-state index is 13.8. The summed E-state index contributed by atoms with van der Waals surface area (Å²) in [5, 5.41) is 0. The highest BCUT2D eigenvalue weighted by atomic mass is 19.3. The molecule has 1 heterocycles. The van der Waals surface area contributed by atoms with Gasteiger partial charge < -0.3 is 10.6 Å². The third kappa shape index (κ3) is 3.71. The Morgan fingerprint density at radius 1 is 1.22 bits per heavy atom. The Hall–Kier alpha value is -1.49. The summed E-state index contributed by atoms with van der Waals surface area (Å²) in [6.45, 7) is 1.08. The minimum absolute atomic E-state index is 0.0297. The van der Waals surface area contributed by atoms with Gasteiger partial charge in [0.1, 0.15) is 0 Å². The molecule has 1 aliphatic heterocycles. The molecule has 2 atom stereocenters. The Kier molecular flexibility index (Phi) is 4.67. The van der Waals surface area contributed by atoms with E-state index in [0.717, 1.165) is 24.0 Å². The lowest BCUT2D eigenvalue weighted by molar-refractivity contribution is -0.144. The third-order valence-electron chi connectivity index (χ3n) is 5.24. The molecule has 0 spiro atoms. The van der Waals surface area contributed by atoms with Gasteiger partial charge in [-0.05, 0) is 36.3 Å². The first kappa shape index (κ1) is 16.4. The first-order valence-electron chi connectivity index (χ1n) is 8.44. The van der Waals surface area contributed by atoms with E-state index in [1.807, 2.05) is 24.3 Å². The number of amides is 1. The lowest BCUT2D eigenvalue weighted by Gasteiger charge is -2.46. The molecule has 3 rings (SSSR count). The summed E-state index contributed by atoms with van der Waals surface area (Å²) in [5.41, 5.74) is 7.50.